The number of halogens is 1. The third-order valence-electron chi connectivity index (χ3n) is 1.15. The van der Waals surface area contributed by atoms with Crippen molar-refractivity contribution in [1.82, 2.24) is 0 Å². The maximum absolute atomic E-state index is 8.25. The average molecular weight is 199 g/mol. The molecular formula is C7H7BrN2. The largest absolute Gasteiger partial charge is 1.00 e. The molecule has 0 amide bonds. The molecule has 0 aliphatic rings. The summed E-state index contributed by atoms with van der Waals surface area (Å²) in [7, 11) is 0. The van der Waals surface area contributed by atoms with Crippen molar-refractivity contribution in [2.75, 3.05) is 0 Å². The third kappa shape index (κ3) is 2.16. The molecule has 0 saturated carbocycles. The Morgan fingerprint density at radius 2 is 1.70 bits per heavy atom. The molecule has 10 heavy (non-hydrogen) atoms. The van der Waals surface area contributed by atoms with Crippen molar-refractivity contribution in [3.8, 4) is 0 Å². The highest BCUT2D eigenvalue weighted by Gasteiger charge is 1.98. The van der Waals surface area contributed by atoms with Gasteiger partial charge in [0.1, 0.15) is 0 Å². The van der Waals surface area contributed by atoms with Crippen LogP contribution in [0.25, 0.3) is 4.98 Å². The summed E-state index contributed by atoms with van der Waals surface area (Å²) in [6, 6.07) is 7.31. The van der Waals surface area contributed by atoms with E-state index in [1.165, 1.54) is 5.56 Å². The molecule has 0 spiro atoms. The van der Waals surface area contributed by atoms with Gasteiger partial charge in [0.2, 0.25) is 5.39 Å². The second-order valence-corrected chi connectivity index (χ2v) is 1.94. The molecule has 0 aliphatic carbocycles. The number of rotatable bonds is 0. The highest BCUT2D eigenvalue weighted by atomic mass is 79.9. The van der Waals surface area contributed by atoms with Gasteiger partial charge >= 0.3 is 5.69 Å². The zero-order chi connectivity index (χ0) is 6.69. The van der Waals surface area contributed by atoms with Crippen LogP contribution in [0.4, 0.5) is 5.69 Å². The molecular weight excluding hydrogens is 192 g/mol. The summed E-state index contributed by atoms with van der Waals surface area (Å²) < 4.78 is 0. The Morgan fingerprint density at radius 3 is 2.10 bits per heavy atom. The Kier molecular flexibility index (Phi) is 3.67. The summed E-state index contributed by atoms with van der Waals surface area (Å²) >= 11 is 0. The van der Waals surface area contributed by atoms with Crippen LogP contribution in [0, 0.1) is 12.3 Å². The van der Waals surface area contributed by atoms with Gasteiger partial charge in [0.15, 0.2) is 4.98 Å². The van der Waals surface area contributed by atoms with Gasteiger partial charge in [-0.15, -0.1) is 0 Å². The Labute approximate surface area is 70.3 Å². The van der Waals surface area contributed by atoms with Crippen molar-refractivity contribution >= 4 is 5.69 Å². The molecule has 0 aromatic heterocycles. The first-order valence-electron chi connectivity index (χ1n) is 2.74. The molecule has 0 saturated heterocycles. The van der Waals surface area contributed by atoms with Crippen LogP contribution in [0.5, 0.6) is 0 Å². The van der Waals surface area contributed by atoms with Crippen LogP contribution in [-0.2, 0) is 0 Å². The molecule has 0 bridgehead atoms. The first-order valence-corrected chi connectivity index (χ1v) is 2.74. The second kappa shape index (κ2) is 4.02. The normalized spacial score (nSPS) is 7.60. The Morgan fingerprint density at radius 1 is 1.20 bits per heavy atom. The minimum absolute atomic E-state index is 0. The topological polar surface area (TPSA) is 28.1 Å². The fourth-order valence-electron chi connectivity index (χ4n) is 0.611. The van der Waals surface area contributed by atoms with Crippen LogP contribution in [0.1, 0.15) is 5.56 Å². The van der Waals surface area contributed by atoms with Crippen LogP contribution in [0.15, 0.2) is 24.3 Å². The van der Waals surface area contributed by atoms with Gasteiger partial charge in [-0.05, 0) is 6.92 Å². The molecule has 1 rings (SSSR count). The van der Waals surface area contributed by atoms with E-state index in [1.807, 2.05) is 19.1 Å². The predicted octanol–water partition coefficient (Wildman–Crippen LogP) is -0.516. The summed E-state index contributed by atoms with van der Waals surface area (Å²) in [6.45, 7) is 1.99. The van der Waals surface area contributed by atoms with Gasteiger partial charge in [-0.25, -0.2) is 0 Å². The maximum atomic E-state index is 8.25. The summed E-state index contributed by atoms with van der Waals surface area (Å²) in [4.78, 5) is 3.01. The van der Waals surface area contributed by atoms with Gasteiger partial charge in [0.05, 0.1) is 0 Å². The van der Waals surface area contributed by atoms with E-state index in [-0.39, 0.29) is 17.0 Å². The van der Waals surface area contributed by atoms with Crippen molar-refractivity contribution in [1.29, 1.82) is 5.39 Å². The van der Waals surface area contributed by atoms with Gasteiger partial charge in [-0.3, -0.25) is 0 Å². The zero-order valence-corrected chi connectivity index (χ0v) is 7.17. The lowest BCUT2D eigenvalue weighted by atomic mass is 10.2. The summed E-state index contributed by atoms with van der Waals surface area (Å²) in [5.41, 5.74) is 1.77. The maximum Gasteiger partial charge on any atom is 0.385 e. The van der Waals surface area contributed by atoms with Crippen molar-refractivity contribution in [2.45, 2.75) is 6.92 Å². The molecule has 0 unspecified atom stereocenters. The lowest BCUT2D eigenvalue weighted by molar-refractivity contribution is -0.00000214. The molecule has 0 atom stereocenters. The smallest absolute Gasteiger partial charge is 0.385 e. The number of hydrogen-bond acceptors (Lipinski definition) is 1. The van der Waals surface area contributed by atoms with Gasteiger partial charge in [0, 0.05) is 12.1 Å². The van der Waals surface area contributed by atoms with E-state index in [0.717, 1.165) is 0 Å². The molecule has 0 heterocycles. The van der Waals surface area contributed by atoms with Gasteiger partial charge in [-0.1, -0.05) is 17.7 Å². The number of aryl methyl sites for hydroxylation is 1. The molecule has 0 fully saturated rings. The van der Waals surface area contributed by atoms with Crippen LogP contribution in [0.2, 0.25) is 0 Å². The quantitative estimate of drug-likeness (QED) is 0.517. The van der Waals surface area contributed by atoms with Crippen LogP contribution in [0.3, 0.4) is 0 Å². The first-order chi connectivity index (χ1) is 4.33. The van der Waals surface area contributed by atoms with Crippen molar-refractivity contribution in [3.05, 3.63) is 34.8 Å². The average Bonchev–Trinajstić information content (AvgIpc) is 1.90. The Hall–Kier alpha value is -0.880. The van der Waals surface area contributed by atoms with Gasteiger partial charge in [0.25, 0.3) is 0 Å². The zero-order valence-electron chi connectivity index (χ0n) is 5.58. The standard InChI is InChI=1S/C7H7N2.BrH/c1-6-2-4-7(9-8)5-3-6;/h2-5H,1H3;1H/q+1;/p-1. The molecule has 1 aromatic carbocycles. The van der Waals surface area contributed by atoms with E-state index in [0.29, 0.717) is 5.69 Å². The molecule has 2 nitrogen and oxygen atoms in total. The fraction of sp³-hybridized carbons (Fsp3) is 0.143. The van der Waals surface area contributed by atoms with Gasteiger partial charge in [-0.2, -0.15) is 0 Å². The lowest BCUT2D eigenvalue weighted by Crippen LogP contribution is -3.00. The third-order valence-corrected chi connectivity index (χ3v) is 1.15. The Bertz CT molecular complexity index is 235. The predicted molar refractivity (Wildman–Crippen MR) is 35.9 cm³/mol. The number of hydrogen-bond donors (Lipinski definition) is 0. The molecule has 0 aliphatic heterocycles. The molecule has 3 heteroatoms. The Balaban J connectivity index is 0.000000810. The first kappa shape index (κ1) is 9.12. The molecule has 1 aromatic rings. The number of benzene rings is 1. The molecule has 0 radical (unpaired) electrons. The lowest BCUT2D eigenvalue weighted by Gasteiger charge is -1.81. The summed E-state index contributed by atoms with van der Waals surface area (Å²) in [6.07, 6.45) is 0. The van der Waals surface area contributed by atoms with E-state index in [9.17, 15) is 0 Å². The van der Waals surface area contributed by atoms with Crippen molar-refractivity contribution in [3.63, 3.8) is 0 Å². The van der Waals surface area contributed by atoms with Crippen LogP contribution >= 0.6 is 0 Å². The summed E-state index contributed by atoms with van der Waals surface area (Å²) in [5.74, 6) is 0. The van der Waals surface area contributed by atoms with Gasteiger partial charge < -0.3 is 17.0 Å². The second-order valence-electron chi connectivity index (χ2n) is 1.94. The number of nitrogens with zero attached hydrogens (tertiary/aromatic N) is 2. The highest BCUT2D eigenvalue weighted by molar-refractivity contribution is 5.44. The van der Waals surface area contributed by atoms with Crippen LogP contribution in [-0.4, -0.2) is 0 Å². The van der Waals surface area contributed by atoms with Crippen molar-refractivity contribution in [2.24, 2.45) is 0 Å². The van der Waals surface area contributed by atoms with E-state index in [2.05, 4.69) is 4.98 Å². The van der Waals surface area contributed by atoms with Crippen LogP contribution < -0.4 is 17.0 Å². The SMILES string of the molecule is Cc1ccc([N+]#N)cc1.[Br-]. The van der Waals surface area contributed by atoms with Crippen molar-refractivity contribution < 1.29 is 17.0 Å². The molecule has 0 N–H and O–H groups in total. The van der Waals surface area contributed by atoms with E-state index in [1.54, 1.807) is 12.1 Å². The minimum Gasteiger partial charge on any atom is -1.00 e. The molecule has 52 valence electrons. The minimum atomic E-state index is 0. The summed E-state index contributed by atoms with van der Waals surface area (Å²) in [5, 5.41) is 8.25. The monoisotopic (exact) mass is 198 g/mol. The van der Waals surface area contributed by atoms with E-state index < -0.39 is 0 Å². The van der Waals surface area contributed by atoms with E-state index in [4.69, 9.17) is 5.39 Å². The number of diazo groups is 1. The van der Waals surface area contributed by atoms with E-state index >= 15 is 0 Å². The fourth-order valence-corrected chi connectivity index (χ4v) is 0.611. The highest BCUT2D eigenvalue weighted by Crippen LogP contribution is 2.10.